The molecular weight excluding hydrogens is 607 g/mol. The van der Waals surface area contributed by atoms with Crippen molar-refractivity contribution in [1.29, 1.82) is 0 Å². The van der Waals surface area contributed by atoms with E-state index in [0.29, 0.717) is 13.0 Å². The van der Waals surface area contributed by atoms with Crippen LogP contribution < -0.4 is 16.9 Å². The van der Waals surface area contributed by atoms with E-state index in [9.17, 15) is 31.9 Å². The van der Waals surface area contributed by atoms with Crippen molar-refractivity contribution < 1.29 is 22.3 Å². The molecule has 0 spiro atoms. The summed E-state index contributed by atoms with van der Waals surface area (Å²) in [5.74, 6) is -0.434. The zero-order chi connectivity index (χ0) is 32.5. The van der Waals surface area contributed by atoms with Crippen LogP contribution in [0.4, 0.5) is 0 Å². The van der Waals surface area contributed by atoms with Crippen LogP contribution in [-0.4, -0.2) is 44.7 Å². The maximum Gasteiger partial charge on any atom is 0.438 e. The first-order valence-corrected chi connectivity index (χ1v) is 19.3. The number of fused-ring (bicyclic) bond motifs is 1. The summed E-state index contributed by atoms with van der Waals surface area (Å²) in [6.07, 6.45) is 18.4. The van der Waals surface area contributed by atoms with Gasteiger partial charge < -0.3 is 4.74 Å². The van der Waals surface area contributed by atoms with Crippen LogP contribution >= 0.6 is 7.83 Å². The number of imidazole rings is 1. The molecule has 1 unspecified atom stereocenters. The summed E-state index contributed by atoms with van der Waals surface area (Å²) in [4.78, 5) is 41.3. The smallest absolute Gasteiger partial charge is 0.377 e. The normalized spacial score (nSPS) is 12.7. The molecule has 0 bridgehead atoms. The number of H-pyrrole nitrogens is 1. The minimum absolute atomic E-state index is 0.123. The van der Waals surface area contributed by atoms with Crippen molar-refractivity contribution in [3.63, 3.8) is 0 Å². The molecule has 0 aromatic carbocycles. The molecule has 1 atom stereocenters. The molecule has 252 valence electrons. The number of nitrogens with zero attached hydrogens (tertiary/aromatic N) is 3. The van der Waals surface area contributed by atoms with E-state index in [1.54, 1.807) is 6.92 Å². The van der Waals surface area contributed by atoms with Crippen molar-refractivity contribution in [3.05, 3.63) is 31.3 Å². The molecule has 2 aromatic rings. The zero-order valence-corrected chi connectivity index (χ0v) is 28.6. The summed E-state index contributed by atoms with van der Waals surface area (Å²) in [5, 5.41) is 0. The first-order chi connectivity index (χ1) is 21.1. The van der Waals surface area contributed by atoms with Crippen LogP contribution in [0.1, 0.15) is 136 Å². The fourth-order valence-corrected chi connectivity index (χ4v) is 7.47. The molecule has 14 heteroatoms. The second-order valence-corrected chi connectivity index (χ2v) is 14.6. The molecule has 2 aromatic heterocycles. The molecule has 12 nitrogen and oxygen atoms in total. The molecule has 0 saturated carbocycles. The number of unbranched alkanes of at least 4 members (excludes halogenated alkanes) is 16. The highest BCUT2D eigenvalue weighted by Gasteiger charge is 2.28. The van der Waals surface area contributed by atoms with E-state index in [1.165, 1.54) is 44.9 Å². The van der Waals surface area contributed by atoms with E-state index in [0.717, 1.165) is 62.4 Å². The molecule has 44 heavy (non-hydrogen) atoms. The average molecular weight is 661 g/mol. The predicted octanol–water partition coefficient (Wildman–Crippen LogP) is 6.23. The van der Waals surface area contributed by atoms with Crippen molar-refractivity contribution in [2.75, 3.05) is 12.4 Å². The highest BCUT2D eigenvalue weighted by Crippen LogP contribution is 2.15. The van der Waals surface area contributed by atoms with Crippen LogP contribution in [-0.2, 0) is 30.4 Å². The fourth-order valence-electron chi connectivity index (χ4n) is 5.46. The van der Waals surface area contributed by atoms with Crippen LogP contribution in [0.15, 0.2) is 14.4 Å². The Kier molecular flexibility index (Phi) is 17.2. The van der Waals surface area contributed by atoms with E-state index >= 15 is 0 Å². The predicted molar refractivity (Wildman–Crippen MR) is 174 cm³/mol. The molecule has 2 rings (SSSR count). The fraction of sp³-hybridized carbons (Fsp3) is 0.833. The molecule has 0 aliphatic rings. The van der Waals surface area contributed by atoms with E-state index < -0.39 is 57.8 Å². The minimum atomic E-state index is -4.39. The van der Waals surface area contributed by atoms with Crippen LogP contribution in [0.3, 0.4) is 0 Å². The maximum absolute atomic E-state index is 13.3. The summed E-state index contributed by atoms with van der Waals surface area (Å²) in [7, 11) is -8.20. The molecule has 0 aliphatic carbocycles. The Morgan fingerprint density at radius 2 is 1.23 bits per heavy atom. The van der Waals surface area contributed by atoms with Gasteiger partial charge in [0.1, 0.15) is 0 Å². The average Bonchev–Trinajstić information content (AvgIpc) is 3.27. The first-order valence-electron chi connectivity index (χ1n) is 16.6. The Bertz CT molecular complexity index is 1500. The van der Waals surface area contributed by atoms with Gasteiger partial charge in [0.15, 0.2) is 11.2 Å². The lowest BCUT2D eigenvalue weighted by molar-refractivity contribution is 0.0518. The number of aromatic nitrogens is 4. The summed E-state index contributed by atoms with van der Waals surface area (Å²) in [6, 6.07) is 0. The molecule has 0 saturated heterocycles. The van der Waals surface area contributed by atoms with Gasteiger partial charge >= 0.3 is 19.2 Å². The number of hydrogen-bond donors (Lipinski definition) is 1. The van der Waals surface area contributed by atoms with Gasteiger partial charge in [0, 0.05) is 6.61 Å². The third-order valence-electron chi connectivity index (χ3n) is 7.95. The van der Waals surface area contributed by atoms with Gasteiger partial charge in [-0.15, -0.1) is 4.34 Å². The van der Waals surface area contributed by atoms with E-state index in [4.69, 9.17) is 4.74 Å². The van der Waals surface area contributed by atoms with Crippen molar-refractivity contribution >= 4 is 29.0 Å². The number of hydrogen-bond acceptors (Lipinski definition) is 8. The van der Waals surface area contributed by atoms with E-state index in [2.05, 4.69) is 18.8 Å². The second-order valence-electron chi connectivity index (χ2n) is 11.8. The summed E-state index contributed by atoms with van der Waals surface area (Å²) in [5.41, 5.74) is -4.68. The number of nitrogens with one attached hydrogen (secondary N) is 1. The molecule has 1 N–H and O–H groups in total. The number of aromatic amines is 1. The van der Waals surface area contributed by atoms with Gasteiger partial charge in [-0.2, -0.15) is 3.97 Å². The quantitative estimate of drug-likeness (QED) is 0.0969. The van der Waals surface area contributed by atoms with E-state index in [-0.39, 0.29) is 21.3 Å². The van der Waals surface area contributed by atoms with Crippen molar-refractivity contribution in [3.8, 4) is 0 Å². The van der Waals surface area contributed by atoms with Gasteiger partial charge in [0.2, 0.25) is 10.0 Å². The zero-order valence-electron chi connectivity index (χ0n) is 26.9. The van der Waals surface area contributed by atoms with Crippen LogP contribution in [0.2, 0.25) is 0 Å². The second kappa shape index (κ2) is 20.0. The first kappa shape index (κ1) is 37.9. The Hall–Kier alpha value is -2.24. The van der Waals surface area contributed by atoms with Gasteiger partial charge in [-0.25, -0.2) is 27.1 Å². The minimum Gasteiger partial charge on any atom is -0.377 e. The van der Waals surface area contributed by atoms with Crippen LogP contribution in [0.25, 0.3) is 11.2 Å². The monoisotopic (exact) mass is 660 g/mol. The largest absolute Gasteiger partial charge is 0.438 e. The highest BCUT2D eigenvalue weighted by molar-refractivity contribution is 7.90. The van der Waals surface area contributed by atoms with Crippen LogP contribution in [0, 0.1) is 0 Å². The van der Waals surface area contributed by atoms with Gasteiger partial charge in [-0.1, -0.05) is 117 Å². The lowest BCUT2D eigenvalue weighted by Crippen LogP contribution is -2.41. The summed E-state index contributed by atoms with van der Waals surface area (Å²) < 4.78 is 57.3. The Morgan fingerprint density at radius 1 is 0.750 bits per heavy atom. The van der Waals surface area contributed by atoms with Crippen molar-refractivity contribution in [1.82, 2.24) is 17.9 Å². The Morgan fingerprint density at radius 3 is 1.73 bits per heavy atom. The summed E-state index contributed by atoms with van der Waals surface area (Å²) >= 11 is 0. The van der Waals surface area contributed by atoms with Crippen LogP contribution in [0.5, 0.6) is 0 Å². The van der Waals surface area contributed by atoms with E-state index in [1.807, 2.05) is 0 Å². The molecule has 2 heterocycles. The highest BCUT2D eigenvalue weighted by atomic mass is 32.2. The standard InChI is InChI=1S/C30H53N4O8PS/c1-4-6-8-10-12-14-15-16-18-20-22-42-25(3)24-32-26-27(31-29(32)36)34(30(37)33(28(26)35)43(38)39)44(40,41)23-21-19-17-13-11-9-7-5-2/h25H,4-24H2,1-3H3,(H,31,36). The SMILES string of the molecule is CCCCCCCCCCCCOC(C)Cn1c(=O)[nH]c2c1c(=O)n(P(=O)=O)c(=O)n2S(=O)(=O)CCCCCCCCCC. The van der Waals surface area contributed by atoms with Gasteiger partial charge in [0.05, 0.1) is 18.4 Å². The number of rotatable bonds is 25. The number of ether oxygens (including phenoxy) is 1. The van der Waals surface area contributed by atoms with Crippen molar-refractivity contribution in [2.45, 2.75) is 149 Å². The maximum atomic E-state index is 13.3. The summed E-state index contributed by atoms with van der Waals surface area (Å²) in [6.45, 7) is 6.37. The Balaban J connectivity index is 2.09. The lowest BCUT2D eigenvalue weighted by Gasteiger charge is -2.14. The Labute approximate surface area is 261 Å². The van der Waals surface area contributed by atoms with Gasteiger partial charge in [0.25, 0.3) is 5.56 Å². The van der Waals surface area contributed by atoms with Gasteiger partial charge in [-0.05, 0) is 19.8 Å². The lowest BCUT2D eigenvalue weighted by atomic mass is 10.1. The van der Waals surface area contributed by atoms with Crippen molar-refractivity contribution in [2.24, 2.45) is 0 Å². The molecule has 0 radical (unpaired) electrons. The third-order valence-corrected chi connectivity index (χ3v) is 10.3. The molecule has 0 amide bonds. The molecule has 0 fully saturated rings. The molecule has 0 aliphatic heterocycles. The van der Waals surface area contributed by atoms with Gasteiger partial charge in [-0.3, -0.25) is 14.3 Å². The third kappa shape index (κ3) is 11.6. The topological polar surface area (TPSA) is 159 Å². The molecular formula is C30H53N4O8PS.